The number of carboxylic acid groups (broad SMARTS) is 1. The van der Waals surface area contributed by atoms with E-state index in [9.17, 15) is 24.3 Å². The van der Waals surface area contributed by atoms with Gasteiger partial charge in [0.2, 0.25) is 17.9 Å². The zero-order valence-electron chi connectivity index (χ0n) is 18.9. The zero-order chi connectivity index (χ0) is 26.5. The number of terminal acetylenes is 1. The van der Waals surface area contributed by atoms with Crippen molar-refractivity contribution in [1.29, 1.82) is 0 Å². The number of β-lactam (4-membered cyclic amide) rings is 1. The lowest BCUT2D eigenvalue weighted by Crippen LogP contribution is -2.71. The summed E-state index contributed by atoms with van der Waals surface area (Å²) in [5.41, 5.74) is 6.13. The fourth-order valence-electron chi connectivity index (χ4n) is 3.66. The van der Waals surface area contributed by atoms with Crippen LogP contribution in [0.1, 0.15) is 5.82 Å². The van der Waals surface area contributed by atoms with Crippen LogP contribution in [-0.4, -0.2) is 73.0 Å². The summed E-state index contributed by atoms with van der Waals surface area (Å²) in [4.78, 5) is 58.8. The molecule has 0 bridgehead atoms. The zero-order valence-corrected chi connectivity index (χ0v) is 20.5. The van der Waals surface area contributed by atoms with E-state index >= 15 is 0 Å². The van der Waals surface area contributed by atoms with Crippen LogP contribution in [0.4, 0.5) is 10.8 Å². The number of fused-ring (bicyclic) bond motifs is 1. The Labute approximate surface area is 217 Å². The lowest BCUT2D eigenvalue weighted by molar-refractivity contribution is -0.688. The van der Waals surface area contributed by atoms with Crippen LogP contribution in [0, 0.1) is 12.3 Å². The lowest BCUT2D eigenvalue weighted by Gasteiger charge is -2.49. The molecule has 1 unspecified atom stereocenters. The van der Waals surface area contributed by atoms with Crippen molar-refractivity contribution in [1.82, 2.24) is 19.6 Å². The van der Waals surface area contributed by atoms with Gasteiger partial charge in [-0.1, -0.05) is 11.1 Å². The van der Waals surface area contributed by atoms with Crippen LogP contribution in [0.5, 0.6) is 0 Å². The molecule has 37 heavy (non-hydrogen) atoms. The Bertz CT molecular complexity index is 1370. The third-order valence-electron chi connectivity index (χ3n) is 5.17. The maximum atomic E-state index is 13.0. The number of nitrogens with two attached hydrogens (primary N) is 1. The molecule has 5 N–H and O–H groups in total. The number of amides is 3. The van der Waals surface area contributed by atoms with Gasteiger partial charge in [0, 0.05) is 28.9 Å². The van der Waals surface area contributed by atoms with Gasteiger partial charge in [-0.15, -0.1) is 18.2 Å². The Hall–Kier alpha value is -4.49. The highest BCUT2D eigenvalue weighted by Crippen LogP contribution is 2.40. The highest BCUT2D eigenvalue weighted by atomic mass is 32.2. The minimum absolute atomic E-state index is 0.0929. The number of carbonyl (C=O) groups excluding carboxylic acids is 3. The first kappa shape index (κ1) is 25.6. The highest BCUT2D eigenvalue weighted by Gasteiger charge is 2.54. The first-order valence-electron chi connectivity index (χ1n) is 10.5. The monoisotopic (exact) mass is 543 g/mol. The minimum Gasteiger partial charge on any atom is -0.477 e. The molecular weight excluding hydrogens is 524 g/mol. The molecule has 14 nitrogen and oxygen atoms in total. The number of hydrogen-bond acceptors (Lipinski definition) is 11. The third-order valence-corrected chi connectivity index (χ3v) is 7.05. The van der Waals surface area contributed by atoms with Crippen LogP contribution in [0.15, 0.2) is 41.0 Å². The number of thioether (sulfide) groups is 1. The SMILES string of the molecule is C#CCON=C(C(=O)NC1C(=O)N2C(C(=O)O)=C(C[n+]3cccc(NC=O)c3)CS[C@@H]12)c1nsc(N)n1. The Morgan fingerprint density at radius 2 is 2.30 bits per heavy atom. The van der Waals surface area contributed by atoms with Gasteiger partial charge in [0.1, 0.15) is 22.8 Å². The van der Waals surface area contributed by atoms with Crippen molar-refractivity contribution < 1.29 is 33.7 Å². The van der Waals surface area contributed by atoms with E-state index in [-0.39, 0.29) is 41.3 Å². The van der Waals surface area contributed by atoms with Crippen LogP contribution < -0.4 is 20.9 Å². The number of nitrogen functional groups attached to an aromatic ring is 1. The van der Waals surface area contributed by atoms with Crippen LogP contribution >= 0.6 is 23.3 Å². The molecule has 2 aliphatic rings. The molecule has 0 radical (unpaired) electrons. The van der Waals surface area contributed by atoms with Crippen molar-refractivity contribution >= 4 is 64.0 Å². The van der Waals surface area contributed by atoms with Gasteiger partial charge in [-0.25, -0.2) is 4.79 Å². The van der Waals surface area contributed by atoms with Gasteiger partial charge < -0.3 is 26.3 Å². The number of rotatable bonds is 10. The number of carboxylic acids is 1. The predicted molar refractivity (Wildman–Crippen MR) is 132 cm³/mol. The second-order valence-electron chi connectivity index (χ2n) is 7.52. The molecule has 2 aromatic heterocycles. The summed E-state index contributed by atoms with van der Waals surface area (Å²) in [6, 6.07) is 2.36. The van der Waals surface area contributed by atoms with E-state index in [1.807, 2.05) is 0 Å². The van der Waals surface area contributed by atoms with Crippen LogP contribution in [0.2, 0.25) is 0 Å². The van der Waals surface area contributed by atoms with E-state index in [0.29, 0.717) is 17.7 Å². The first-order valence-corrected chi connectivity index (χ1v) is 12.3. The van der Waals surface area contributed by atoms with E-state index in [1.165, 1.54) is 11.8 Å². The van der Waals surface area contributed by atoms with Crippen LogP contribution in [0.25, 0.3) is 0 Å². The Balaban J connectivity index is 1.53. The smallest absolute Gasteiger partial charge is 0.352 e. The molecule has 1 saturated heterocycles. The normalized spacial score (nSPS) is 18.8. The van der Waals surface area contributed by atoms with Crippen molar-refractivity contribution in [3.63, 3.8) is 0 Å². The summed E-state index contributed by atoms with van der Waals surface area (Å²) in [7, 11) is 0. The average molecular weight is 544 g/mol. The molecule has 2 aliphatic heterocycles. The molecule has 0 aromatic carbocycles. The van der Waals surface area contributed by atoms with Crippen molar-refractivity contribution in [2.24, 2.45) is 5.16 Å². The van der Waals surface area contributed by atoms with Crippen molar-refractivity contribution in [2.75, 3.05) is 23.4 Å². The number of pyridine rings is 1. The van der Waals surface area contributed by atoms with Crippen molar-refractivity contribution in [3.8, 4) is 12.3 Å². The maximum absolute atomic E-state index is 13.0. The van der Waals surface area contributed by atoms with E-state index in [0.717, 1.165) is 16.4 Å². The second-order valence-corrected chi connectivity index (χ2v) is 9.41. The molecule has 3 amide bonds. The van der Waals surface area contributed by atoms with Crippen LogP contribution in [-0.2, 0) is 30.6 Å². The topological polar surface area (TPSA) is 193 Å². The fourth-order valence-corrected chi connectivity index (χ4v) is 5.43. The van der Waals surface area contributed by atoms with Gasteiger partial charge in [0.25, 0.3) is 11.8 Å². The third kappa shape index (κ3) is 5.37. The van der Waals surface area contributed by atoms with E-state index in [1.54, 1.807) is 29.1 Å². The standard InChI is InChI=1S/C21H18N8O6S2/c1-2-6-35-26-13(16-25-21(22)37-27-16)17(31)24-14-18(32)29-15(20(33)34)11(9-36-19(14)29)7-28-5-3-4-12(8-28)23-10-30/h1,3-5,8,10,14,19H,6-7,9H2,(H4-,22,23,24,25,27,30,31,33,34)/p+1/t14?,19-/m0/s1. The predicted octanol–water partition coefficient (Wildman–Crippen LogP) is -1.23. The minimum atomic E-state index is -1.27. The Morgan fingerprint density at radius 3 is 2.97 bits per heavy atom. The summed E-state index contributed by atoms with van der Waals surface area (Å²) in [6.07, 6.45) is 9.02. The molecule has 190 valence electrons. The highest BCUT2D eigenvalue weighted by molar-refractivity contribution is 8.00. The van der Waals surface area contributed by atoms with Gasteiger partial charge in [-0.05, 0) is 6.07 Å². The Kier molecular flexibility index (Phi) is 7.65. The van der Waals surface area contributed by atoms with Crippen LogP contribution in [0.3, 0.4) is 0 Å². The number of carbonyl (C=O) groups is 4. The van der Waals surface area contributed by atoms with Gasteiger partial charge in [-0.2, -0.15) is 13.9 Å². The molecule has 1 fully saturated rings. The Morgan fingerprint density at radius 1 is 1.49 bits per heavy atom. The molecule has 4 heterocycles. The number of nitrogens with one attached hydrogen (secondary N) is 2. The summed E-state index contributed by atoms with van der Waals surface area (Å²) in [6.45, 7) is -0.0382. The largest absolute Gasteiger partial charge is 0.477 e. The summed E-state index contributed by atoms with van der Waals surface area (Å²) >= 11 is 2.14. The summed E-state index contributed by atoms with van der Waals surface area (Å²) in [5, 5.41) is 18.1. The number of aliphatic carboxylic acids is 1. The van der Waals surface area contributed by atoms with Crippen molar-refractivity contribution in [2.45, 2.75) is 18.0 Å². The van der Waals surface area contributed by atoms with Crippen molar-refractivity contribution in [3.05, 3.63) is 41.6 Å². The molecule has 0 saturated carbocycles. The molecule has 0 aliphatic carbocycles. The fraction of sp³-hybridized carbons (Fsp3) is 0.238. The first-order chi connectivity index (χ1) is 17.8. The van der Waals surface area contributed by atoms with E-state index < -0.39 is 29.2 Å². The average Bonchev–Trinajstić information content (AvgIpc) is 3.30. The van der Waals surface area contributed by atoms with E-state index in [4.69, 9.17) is 17.0 Å². The number of hydrogen-bond donors (Lipinski definition) is 4. The molecule has 2 aromatic rings. The second kappa shape index (κ2) is 11.1. The molecule has 2 atom stereocenters. The van der Waals surface area contributed by atoms with Gasteiger partial charge in [0.15, 0.2) is 30.7 Å². The lowest BCUT2D eigenvalue weighted by atomic mass is 10.0. The van der Waals surface area contributed by atoms with Gasteiger partial charge >= 0.3 is 5.97 Å². The van der Waals surface area contributed by atoms with Gasteiger partial charge in [0.05, 0.1) is 0 Å². The summed E-state index contributed by atoms with van der Waals surface area (Å²) < 4.78 is 5.64. The number of aromatic nitrogens is 3. The number of anilines is 2. The maximum Gasteiger partial charge on any atom is 0.352 e. The quantitative estimate of drug-likeness (QED) is 0.0536. The molecule has 4 rings (SSSR count). The molecule has 0 spiro atoms. The number of oxime groups is 1. The summed E-state index contributed by atoms with van der Waals surface area (Å²) in [5.74, 6) is -0.292. The number of nitrogens with zero attached hydrogens (tertiary/aromatic N) is 5. The van der Waals surface area contributed by atoms with Gasteiger partial charge in [-0.3, -0.25) is 19.3 Å². The molecule has 16 heteroatoms. The van der Waals surface area contributed by atoms with E-state index in [2.05, 4.69) is 31.1 Å². The molecular formula is C21H19N8O6S2+.